The molecule has 0 aliphatic carbocycles. The highest BCUT2D eigenvalue weighted by molar-refractivity contribution is 8.46. The third kappa shape index (κ3) is 1.97. The fourth-order valence-corrected chi connectivity index (χ4v) is 1.57. The van der Waals surface area contributed by atoms with Crippen LogP contribution in [0.1, 0.15) is 0 Å². The number of thiol groups is 1. The Kier molecular flexibility index (Phi) is 2.50. The van der Waals surface area contributed by atoms with Gasteiger partial charge in [-0.1, -0.05) is 8.01 Å². The average molecular weight is 175 g/mol. The summed E-state index contributed by atoms with van der Waals surface area (Å²) < 4.78 is 0. The normalized spacial score (nSPS) is 9.89. The van der Waals surface area contributed by atoms with Gasteiger partial charge in [-0.15, -0.1) is 0 Å². The summed E-state index contributed by atoms with van der Waals surface area (Å²) >= 11 is 9.79. The number of rotatable bonds is 1. The zero-order valence-corrected chi connectivity index (χ0v) is 7.05. The van der Waals surface area contributed by atoms with E-state index in [4.69, 9.17) is 22.4 Å². The van der Waals surface area contributed by atoms with Gasteiger partial charge in [0, 0.05) is 17.3 Å². The molecule has 0 atom stereocenters. The van der Waals surface area contributed by atoms with Crippen LogP contribution in [0, 0.1) is 0 Å². The number of aromatic nitrogens is 1. The largest absolute Gasteiger partial charge is 0.265 e. The van der Waals surface area contributed by atoms with Crippen molar-refractivity contribution in [2.45, 2.75) is 4.90 Å². The number of nitrogens with zero attached hydrogens (tertiary/aromatic N) is 1. The van der Waals surface area contributed by atoms with Crippen molar-refractivity contribution in [2.75, 3.05) is 0 Å². The molecule has 0 bridgehead atoms. The molecule has 1 rings (SSSR count). The molecule has 0 radical (unpaired) electrons. The summed E-state index contributed by atoms with van der Waals surface area (Å²) in [5, 5.41) is 0. The monoisotopic (exact) mass is 175 g/mol. The first kappa shape index (κ1) is 7.05. The Balaban J connectivity index is 3.13. The molecule has 1 aromatic heterocycles. The molecule has 4 heteroatoms. The lowest BCUT2D eigenvalue weighted by molar-refractivity contribution is 1.27. The Bertz CT molecular complexity index is 244. The van der Waals surface area contributed by atoms with E-state index in [0.29, 0.717) is 0 Å². The Labute approximate surface area is 65.0 Å². The molecule has 48 valence electrons. The highest BCUT2D eigenvalue weighted by Gasteiger charge is 1.82. The predicted octanol–water partition coefficient (Wildman–Crippen LogP) is 0.715. The van der Waals surface area contributed by atoms with Crippen molar-refractivity contribution in [3.05, 3.63) is 24.5 Å². The Morgan fingerprint density at radius 2 is 1.78 bits per heavy atom. The van der Waals surface area contributed by atoms with E-state index in [1.165, 1.54) is 0 Å². The van der Waals surface area contributed by atoms with Crippen molar-refractivity contribution in [1.29, 1.82) is 0 Å². The van der Waals surface area contributed by atoms with Crippen LogP contribution in [-0.4, -0.2) is 4.98 Å². The third-order valence-corrected chi connectivity index (χ3v) is 2.86. The van der Waals surface area contributed by atoms with E-state index in [1.54, 1.807) is 12.4 Å². The van der Waals surface area contributed by atoms with E-state index in [2.05, 4.69) is 4.98 Å². The van der Waals surface area contributed by atoms with Crippen LogP contribution in [0.15, 0.2) is 29.4 Å². The molecule has 0 aliphatic heterocycles. The fraction of sp³-hybridized carbons (Fsp3) is 0. The lowest BCUT2D eigenvalue weighted by Gasteiger charge is -1.87. The fourth-order valence-electron chi connectivity index (χ4n) is 0.466. The van der Waals surface area contributed by atoms with Gasteiger partial charge in [0.15, 0.2) is 0 Å². The molecular weight excluding hydrogens is 170 g/mol. The van der Waals surface area contributed by atoms with Gasteiger partial charge in [0.25, 0.3) is 0 Å². The van der Waals surface area contributed by atoms with Crippen molar-refractivity contribution in [3.63, 3.8) is 0 Å². The lowest BCUT2D eigenvalue weighted by atomic mass is 10.5. The van der Waals surface area contributed by atoms with E-state index in [9.17, 15) is 0 Å². The van der Waals surface area contributed by atoms with E-state index in [0.717, 1.165) is 4.90 Å². The Hall–Kier alpha value is -0.0600. The van der Waals surface area contributed by atoms with Gasteiger partial charge in [0.05, 0.1) is 0 Å². The molecule has 0 spiro atoms. The van der Waals surface area contributed by atoms with E-state index >= 15 is 0 Å². The summed E-state index contributed by atoms with van der Waals surface area (Å²) in [7, 11) is -0.769. The minimum absolute atomic E-state index is 0.769. The molecule has 0 amide bonds. The lowest BCUT2D eigenvalue weighted by Crippen LogP contribution is -1.75. The van der Waals surface area contributed by atoms with Gasteiger partial charge in [0.2, 0.25) is 0 Å². The van der Waals surface area contributed by atoms with Crippen LogP contribution < -0.4 is 0 Å². The summed E-state index contributed by atoms with van der Waals surface area (Å²) in [6, 6.07) is 3.73. The summed E-state index contributed by atoms with van der Waals surface area (Å²) in [4.78, 5) is 4.89. The zero-order valence-electron chi connectivity index (χ0n) is 4.52. The second kappa shape index (κ2) is 3.20. The maximum Gasteiger partial charge on any atom is 0.0279 e. The zero-order chi connectivity index (χ0) is 6.69. The van der Waals surface area contributed by atoms with Crippen LogP contribution in [0.5, 0.6) is 0 Å². The van der Waals surface area contributed by atoms with Crippen LogP contribution in [0.2, 0.25) is 0 Å². The molecular formula is C5H5NS3. The molecule has 0 aliphatic rings. The second-order valence-electron chi connectivity index (χ2n) is 1.46. The Morgan fingerprint density at radius 1 is 1.22 bits per heavy atom. The molecule has 1 nitrogen and oxygen atoms in total. The summed E-state index contributed by atoms with van der Waals surface area (Å²) in [6.45, 7) is 0. The molecule has 1 heterocycles. The second-order valence-corrected chi connectivity index (χ2v) is 5.38. The van der Waals surface area contributed by atoms with Crippen LogP contribution in [-0.2, 0) is 30.4 Å². The first-order valence-electron chi connectivity index (χ1n) is 2.35. The molecule has 0 unspecified atom stereocenters. The van der Waals surface area contributed by atoms with Gasteiger partial charge in [0.1, 0.15) is 0 Å². The maximum atomic E-state index is 4.90. The molecule has 1 aromatic rings. The summed E-state index contributed by atoms with van der Waals surface area (Å²) in [6.07, 6.45) is 3.42. The van der Waals surface area contributed by atoms with E-state index in [-0.39, 0.29) is 0 Å². The van der Waals surface area contributed by atoms with Gasteiger partial charge >= 0.3 is 0 Å². The van der Waals surface area contributed by atoms with E-state index < -0.39 is 8.01 Å². The standard InChI is InChI=1S/C5H5NS3/c7-9(8)5-1-3-6-4-2-5/h1-4,9H. The SMILES string of the molecule is S=[SH](=S)c1ccncc1. The molecule has 0 saturated heterocycles. The molecule has 0 saturated carbocycles. The minimum atomic E-state index is -0.769. The quantitative estimate of drug-likeness (QED) is 0.632. The molecule has 0 aromatic carbocycles. The van der Waals surface area contributed by atoms with Crippen molar-refractivity contribution < 1.29 is 0 Å². The van der Waals surface area contributed by atoms with Crippen LogP contribution in [0.4, 0.5) is 0 Å². The van der Waals surface area contributed by atoms with Crippen molar-refractivity contribution in [1.82, 2.24) is 4.98 Å². The third-order valence-electron chi connectivity index (χ3n) is 0.874. The highest BCUT2D eigenvalue weighted by Crippen LogP contribution is 1.96. The molecule has 0 N–H and O–H groups in total. The number of hydrogen-bond acceptors (Lipinski definition) is 3. The van der Waals surface area contributed by atoms with Crippen LogP contribution >= 0.6 is 0 Å². The van der Waals surface area contributed by atoms with Gasteiger partial charge in [-0.25, -0.2) is 0 Å². The van der Waals surface area contributed by atoms with Gasteiger partial charge in [-0.2, -0.15) is 0 Å². The maximum absolute atomic E-state index is 4.90. The van der Waals surface area contributed by atoms with Gasteiger partial charge in [-0.3, -0.25) is 4.98 Å². The highest BCUT2D eigenvalue weighted by atomic mass is 33.1. The molecule has 9 heavy (non-hydrogen) atoms. The first-order chi connectivity index (χ1) is 4.30. The van der Waals surface area contributed by atoms with Gasteiger partial charge < -0.3 is 0 Å². The van der Waals surface area contributed by atoms with Crippen molar-refractivity contribution in [2.24, 2.45) is 0 Å². The average Bonchev–Trinajstić information content (AvgIpc) is 1.90. The molecule has 0 fully saturated rings. The first-order valence-corrected chi connectivity index (χ1v) is 5.72. The number of pyridine rings is 1. The van der Waals surface area contributed by atoms with E-state index in [1.807, 2.05) is 12.1 Å². The minimum Gasteiger partial charge on any atom is -0.265 e. The van der Waals surface area contributed by atoms with Crippen LogP contribution in [0.3, 0.4) is 0 Å². The van der Waals surface area contributed by atoms with Gasteiger partial charge in [-0.05, 0) is 34.5 Å². The van der Waals surface area contributed by atoms with Crippen molar-refractivity contribution in [3.8, 4) is 0 Å². The van der Waals surface area contributed by atoms with Crippen LogP contribution in [0.25, 0.3) is 0 Å². The number of hydrogen-bond donors (Lipinski definition) is 1. The Morgan fingerprint density at radius 3 is 2.11 bits per heavy atom. The predicted molar refractivity (Wildman–Crippen MR) is 46.0 cm³/mol. The smallest absolute Gasteiger partial charge is 0.0279 e. The summed E-state index contributed by atoms with van der Waals surface area (Å²) in [5.41, 5.74) is 0. The summed E-state index contributed by atoms with van der Waals surface area (Å²) in [5.74, 6) is 0. The van der Waals surface area contributed by atoms with Crippen molar-refractivity contribution >= 4 is 30.4 Å². The topological polar surface area (TPSA) is 12.9 Å².